The second-order valence-corrected chi connectivity index (χ2v) is 10.7. The van der Waals surface area contributed by atoms with E-state index < -0.39 is 23.2 Å². The molecule has 0 atom stereocenters. The van der Waals surface area contributed by atoms with Crippen LogP contribution >= 0.6 is 0 Å². The maximum Gasteiger partial charge on any atom is 0.361 e. The highest BCUT2D eigenvalue weighted by Gasteiger charge is 2.51. The maximum atomic E-state index is 13.6. The monoisotopic (exact) mass is 509 g/mol. The van der Waals surface area contributed by atoms with Crippen molar-refractivity contribution in [1.29, 1.82) is 0 Å². The van der Waals surface area contributed by atoms with Crippen LogP contribution in [0.5, 0.6) is 0 Å². The molecular formula is C29H25F4N2O2+. The average molecular weight is 510 g/mol. The first-order chi connectivity index (χ1) is 17.4. The standard InChI is InChI=1S/C29H24F4N2O2/c1-27(2)23-11-17(34-13-28(30,31)14-34)7-9-21(23)25(19-5-3-4-6-20(19)26(36)37)22-10-8-18(12-24(22)27)35-15-29(32,33)16-35/h3-12H,13-16H2,1-2H3/p+1. The molecule has 2 fully saturated rings. The lowest BCUT2D eigenvalue weighted by molar-refractivity contribution is -0.638. The molecule has 2 heterocycles. The molecule has 0 unspecified atom stereocenters. The van der Waals surface area contributed by atoms with Crippen molar-refractivity contribution in [2.45, 2.75) is 31.1 Å². The smallest absolute Gasteiger partial charge is 0.361 e. The molecule has 190 valence electrons. The third-order valence-corrected chi connectivity index (χ3v) is 7.74. The first-order valence-electron chi connectivity index (χ1n) is 12.1. The quantitative estimate of drug-likeness (QED) is 0.437. The number of alkyl halides is 4. The van der Waals surface area contributed by atoms with Crippen LogP contribution in [0.1, 0.15) is 40.9 Å². The minimum absolute atomic E-state index is 0.145. The minimum Gasteiger partial charge on any atom is -0.478 e. The Balaban J connectivity index is 1.58. The Labute approximate surface area is 211 Å². The van der Waals surface area contributed by atoms with Gasteiger partial charge in [0, 0.05) is 23.3 Å². The zero-order chi connectivity index (χ0) is 26.3. The van der Waals surface area contributed by atoms with Gasteiger partial charge in [0.1, 0.15) is 0 Å². The normalized spacial score (nSPS) is 22.5. The van der Waals surface area contributed by atoms with Crippen LogP contribution in [-0.2, 0) is 5.41 Å². The van der Waals surface area contributed by atoms with E-state index in [9.17, 15) is 27.5 Å². The Morgan fingerprint density at radius 3 is 2.30 bits per heavy atom. The number of hydrogen-bond donors (Lipinski definition) is 1. The second-order valence-electron chi connectivity index (χ2n) is 10.7. The fourth-order valence-corrected chi connectivity index (χ4v) is 5.79. The first-order valence-corrected chi connectivity index (χ1v) is 12.1. The van der Waals surface area contributed by atoms with Crippen LogP contribution in [0.4, 0.5) is 23.2 Å². The molecule has 0 bridgehead atoms. The average Bonchev–Trinajstić information content (AvgIpc) is 2.81. The van der Waals surface area contributed by atoms with Crippen molar-refractivity contribution in [3.8, 4) is 0 Å². The zero-order valence-electron chi connectivity index (χ0n) is 20.4. The van der Waals surface area contributed by atoms with Crippen LogP contribution in [0.15, 0.2) is 71.8 Å². The molecule has 37 heavy (non-hydrogen) atoms. The second kappa shape index (κ2) is 7.66. The molecule has 2 aromatic rings. The van der Waals surface area contributed by atoms with Crippen molar-refractivity contribution in [1.82, 2.24) is 0 Å². The first kappa shape index (κ1) is 23.7. The van der Waals surface area contributed by atoms with Gasteiger partial charge in [-0.2, -0.15) is 8.78 Å². The van der Waals surface area contributed by atoms with Crippen LogP contribution in [0.2, 0.25) is 0 Å². The van der Waals surface area contributed by atoms with E-state index in [1.54, 1.807) is 45.9 Å². The predicted molar refractivity (Wildman–Crippen MR) is 133 cm³/mol. The van der Waals surface area contributed by atoms with E-state index in [-0.39, 0.29) is 31.7 Å². The van der Waals surface area contributed by atoms with Crippen LogP contribution in [0.25, 0.3) is 5.57 Å². The van der Waals surface area contributed by atoms with E-state index in [2.05, 4.69) is 0 Å². The third kappa shape index (κ3) is 3.72. The molecule has 0 aromatic heterocycles. The summed E-state index contributed by atoms with van der Waals surface area (Å²) >= 11 is 0. The lowest BCUT2D eigenvalue weighted by Gasteiger charge is -2.43. The Morgan fingerprint density at radius 2 is 1.65 bits per heavy atom. The molecule has 0 saturated carbocycles. The van der Waals surface area contributed by atoms with E-state index in [0.717, 1.165) is 27.8 Å². The number of aromatic carboxylic acids is 1. The minimum atomic E-state index is -2.72. The van der Waals surface area contributed by atoms with Gasteiger partial charge >= 0.3 is 11.9 Å². The molecular weight excluding hydrogens is 484 g/mol. The zero-order valence-corrected chi connectivity index (χ0v) is 20.4. The number of carbonyl (C=O) groups is 1. The van der Waals surface area contributed by atoms with Gasteiger partial charge in [-0.05, 0) is 57.7 Å². The molecule has 2 aromatic carbocycles. The van der Waals surface area contributed by atoms with Gasteiger partial charge in [-0.15, -0.1) is 0 Å². The van der Waals surface area contributed by atoms with Crippen LogP contribution in [0.3, 0.4) is 0 Å². The summed E-state index contributed by atoms with van der Waals surface area (Å²) in [6, 6.07) is 12.3. The summed E-state index contributed by atoms with van der Waals surface area (Å²) in [5.74, 6) is -6.50. The number of carboxylic acid groups (broad SMARTS) is 1. The Kier molecular flexibility index (Phi) is 4.91. The molecule has 2 saturated heterocycles. The molecule has 0 amide bonds. The maximum absolute atomic E-state index is 13.6. The summed E-state index contributed by atoms with van der Waals surface area (Å²) in [7, 11) is 0. The van der Waals surface area contributed by atoms with Gasteiger partial charge in [-0.3, -0.25) is 0 Å². The predicted octanol–water partition coefficient (Wildman–Crippen LogP) is 5.53. The fourth-order valence-electron chi connectivity index (χ4n) is 5.79. The third-order valence-electron chi connectivity index (χ3n) is 7.74. The molecule has 6 rings (SSSR count). The van der Waals surface area contributed by atoms with Crippen LogP contribution in [-0.4, -0.2) is 59.4 Å². The lowest BCUT2D eigenvalue weighted by atomic mass is 9.64. The van der Waals surface area contributed by atoms with E-state index in [0.29, 0.717) is 17.0 Å². The van der Waals surface area contributed by atoms with Crippen molar-refractivity contribution < 1.29 is 32.0 Å². The molecule has 4 aliphatic rings. The number of hydrogen-bond acceptors (Lipinski definition) is 2. The summed E-state index contributed by atoms with van der Waals surface area (Å²) < 4.78 is 56.1. The largest absolute Gasteiger partial charge is 0.478 e. The number of rotatable bonds is 3. The van der Waals surface area contributed by atoms with Crippen LogP contribution in [0, 0.1) is 0 Å². The summed E-state index contributed by atoms with van der Waals surface area (Å²) in [5.41, 5.74) is 5.55. The number of nitrogens with zero attached hydrogens (tertiary/aromatic N) is 2. The van der Waals surface area contributed by atoms with Gasteiger partial charge < -0.3 is 10.0 Å². The highest BCUT2D eigenvalue weighted by molar-refractivity contribution is 6.08. The van der Waals surface area contributed by atoms with Gasteiger partial charge in [0.15, 0.2) is 0 Å². The summed E-state index contributed by atoms with van der Waals surface area (Å²) in [6.45, 7) is 2.63. The Bertz CT molecular complexity index is 1480. The van der Waals surface area contributed by atoms with Gasteiger partial charge in [0.05, 0.1) is 18.7 Å². The van der Waals surface area contributed by atoms with Crippen LogP contribution < -0.4 is 4.90 Å². The topological polar surface area (TPSA) is 43.6 Å². The molecule has 0 radical (unpaired) electrons. The number of carboxylic acids is 1. The highest BCUT2D eigenvalue weighted by atomic mass is 19.3. The molecule has 2 aliphatic carbocycles. The van der Waals surface area contributed by atoms with Crippen molar-refractivity contribution in [2.24, 2.45) is 0 Å². The van der Waals surface area contributed by atoms with E-state index in [1.807, 2.05) is 38.1 Å². The number of benzene rings is 2. The summed E-state index contributed by atoms with van der Waals surface area (Å²) in [5, 5.41) is 9.94. The van der Waals surface area contributed by atoms with Crippen molar-refractivity contribution in [2.75, 3.05) is 31.1 Å². The Hall–Kier alpha value is -3.68. The molecule has 2 aliphatic heterocycles. The summed E-state index contributed by atoms with van der Waals surface area (Å²) in [6.07, 6.45) is 5.58. The molecule has 8 heteroatoms. The molecule has 0 spiro atoms. The van der Waals surface area contributed by atoms with Crippen molar-refractivity contribution in [3.05, 3.63) is 94.1 Å². The highest BCUT2D eigenvalue weighted by Crippen LogP contribution is 2.51. The van der Waals surface area contributed by atoms with E-state index >= 15 is 0 Å². The van der Waals surface area contributed by atoms with Gasteiger partial charge in [-0.25, -0.2) is 18.2 Å². The van der Waals surface area contributed by atoms with Crippen molar-refractivity contribution in [3.63, 3.8) is 0 Å². The molecule has 4 nitrogen and oxygen atoms in total. The van der Waals surface area contributed by atoms with Gasteiger partial charge in [0.2, 0.25) is 18.8 Å². The number of anilines is 1. The lowest BCUT2D eigenvalue weighted by Crippen LogP contribution is -2.56. The fraction of sp³-hybridized carbons (Fsp3) is 0.310. The van der Waals surface area contributed by atoms with Gasteiger partial charge in [-0.1, -0.05) is 38.1 Å². The van der Waals surface area contributed by atoms with Crippen molar-refractivity contribution >= 4 is 22.9 Å². The number of halogens is 4. The Morgan fingerprint density at radius 1 is 0.946 bits per heavy atom. The number of allylic oxidation sites excluding steroid dienone is 5. The SMILES string of the molecule is CC1(C)C2=CC(=[N+]3CC(F)(F)C3)C=CC2=C(c2ccccc2C(=O)O)c2ccc(N3CC(F)(F)C3)cc21. The van der Waals surface area contributed by atoms with E-state index in [4.69, 9.17) is 0 Å². The summed E-state index contributed by atoms with van der Waals surface area (Å²) in [4.78, 5) is 13.8. The molecule has 1 N–H and O–H groups in total. The number of fused-ring (bicyclic) bond motifs is 2. The van der Waals surface area contributed by atoms with E-state index in [1.165, 1.54) is 0 Å². The van der Waals surface area contributed by atoms with Gasteiger partial charge in [0.25, 0.3) is 5.92 Å².